The standard InChI is InChI=1S/C20H30N2O3/c1-14(23)12-20(3,4)13-21-19(25)11-18-17-8-6-5-7-16(17)9-10-22(18)15(2)24/h5-8,14,18,23H,9-13H2,1-4H3,(H,21,25). The van der Waals surface area contributed by atoms with Gasteiger partial charge in [-0.1, -0.05) is 38.1 Å². The van der Waals surface area contributed by atoms with Crippen LogP contribution >= 0.6 is 0 Å². The summed E-state index contributed by atoms with van der Waals surface area (Å²) in [6.45, 7) is 8.52. The monoisotopic (exact) mass is 346 g/mol. The highest BCUT2D eigenvalue weighted by Gasteiger charge is 2.31. The van der Waals surface area contributed by atoms with Crippen LogP contribution in [0.1, 0.15) is 57.7 Å². The number of carbonyl (C=O) groups is 2. The van der Waals surface area contributed by atoms with Gasteiger partial charge in [0.1, 0.15) is 0 Å². The van der Waals surface area contributed by atoms with Crippen molar-refractivity contribution in [2.24, 2.45) is 5.41 Å². The van der Waals surface area contributed by atoms with Gasteiger partial charge >= 0.3 is 0 Å². The van der Waals surface area contributed by atoms with E-state index in [9.17, 15) is 14.7 Å². The number of aliphatic hydroxyl groups is 1. The number of hydrogen-bond donors (Lipinski definition) is 2. The van der Waals surface area contributed by atoms with E-state index in [4.69, 9.17) is 0 Å². The summed E-state index contributed by atoms with van der Waals surface area (Å²) in [7, 11) is 0. The molecule has 0 radical (unpaired) electrons. The predicted octanol–water partition coefficient (Wildman–Crippen LogP) is 2.44. The molecule has 2 atom stereocenters. The number of carbonyl (C=O) groups excluding carboxylic acids is 2. The maximum Gasteiger partial charge on any atom is 0.222 e. The second kappa shape index (κ2) is 8.00. The van der Waals surface area contributed by atoms with Crippen molar-refractivity contribution in [3.05, 3.63) is 35.4 Å². The molecule has 2 amide bonds. The van der Waals surface area contributed by atoms with Crippen LogP contribution in [0, 0.1) is 5.41 Å². The third kappa shape index (κ3) is 5.30. The first-order valence-corrected chi connectivity index (χ1v) is 8.99. The molecule has 5 nitrogen and oxygen atoms in total. The summed E-state index contributed by atoms with van der Waals surface area (Å²) in [5, 5.41) is 12.5. The van der Waals surface area contributed by atoms with Crippen LogP contribution in [0.3, 0.4) is 0 Å². The lowest BCUT2D eigenvalue weighted by molar-refractivity contribution is -0.133. The average molecular weight is 346 g/mol. The molecule has 1 aliphatic heterocycles. The molecule has 2 N–H and O–H groups in total. The first-order valence-electron chi connectivity index (χ1n) is 8.99. The molecule has 25 heavy (non-hydrogen) atoms. The minimum absolute atomic E-state index is 0.00161. The lowest BCUT2D eigenvalue weighted by Gasteiger charge is -2.36. The summed E-state index contributed by atoms with van der Waals surface area (Å²) in [6, 6.07) is 7.84. The van der Waals surface area contributed by atoms with Gasteiger partial charge in [0.05, 0.1) is 18.6 Å². The van der Waals surface area contributed by atoms with E-state index in [1.165, 1.54) is 5.56 Å². The Balaban J connectivity index is 2.06. The summed E-state index contributed by atoms with van der Waals surface area (Å²) in [5.41, 5.74) is 2.11. The van der Waals surface area contributed by atoms with Crippen molar-refractivity contribution in [3.63, 3.8) is 0 Å². The summed E-state index contributed by atoms with van der Waals surface area (Å²) in [4.78, 5) is 26.3. The third-order valence-corrected chi connectivity index (χ3v) is 4.81. The molecule has 2 unspecified atom stereocenters. The molecule has 138 valence electrons. The SMILES string of the molecule is CC(=O)N1CCc2ccccc2C1CC(=O)NCC(C)(C)CC(C)O. The summed E-state index contributed by atoms with van der Waals surface area (Å²) in [5.74, 6) is -0.0617. The summed E-state index contributed by atoms with van der Waals surface area (Å²) < 4.78 is 0. The molecule has 1 aromatic rings. The van der Waals surface area contributed by atoms with Crippen molar-refractivity contribution in [1.29, 1.82) is 0 Å². The van der Waals surface area contributed by atoms with E-state index in [1.807, 2.05) is 32.0 Å². The van der Waals surface area contributed by atoms with E-state index in [-0.39, 0.29) is 29.7 Å². The van der Waals surface area contributed by atoms with Crippen molar-refractivity contribution in [2.45, 2.75) is 59.1 Å². The van der Waals surface area contributed by atoms with E-state index in [0.717, 1.165) is 12.0 Å². The highest BCUT2D eigenvalue weighted by molar-refractivity contribution is 5.79. The molecule has 0 spiro atoms. The fourth-order valence-corrected chi connectivity index (χ4v) is 3.71. The van der Waals surface area contributed by atoms with Gasteiger partial charge in [-0.3, -0.25) is 9.59 Å². The molecule has 0 fully saturated rings. The number of amides is 2. The molecular weight excluding hydrogens is 316 g/mol. The highest BCUT2D eigenvalue weighted by Crippen LogP contribution is 2.32. The first-order chi connectivity index (χ1) is 11.7. The smallest absolute Gasteiger partial charge is 0.222 e. The molecule has 1 aromatic carbocycles. The molecule has 2 rings (SSSR count). The fraction of sp³-hybridized carbons (Fsp3) is 0.600. The lowest BCUT2D eigenvalue weighted by Crippen LogP contribution is -2.42. The molecule has 1 aliphatic rings. The zero-order valence-electron chi connectivity index (χ0n) is 15.7. The Labute approximate surface area is 150 Å². The zero-order valence-corrected chi connectivity index (χ0v) is 15.7. The number of fused-ring (bicyclic) bond motifs is 1. The summed E-state index contributed by atoms with van der Waals surface area (Å²) in [6.07, 6.45) is 1.32. The molecule has 0 aliphatic carbocycles. The van der Waals surface area contributed by atoms with Crippen LogP contribution in [-0.4, -0.2) is 41.0 Å². The van der Waals surface area contributed by atoms with E-state index >= 15 is 0 Å². The average Bonchev–Trinajstić information content (AvgIpc) is 2.52. The van der Waals surface area contributed by atoms with Crippen LogP contribution in [0.2, 0.25) is 0 Å². The Morgan fingerprint density at radius 2 is 2.04 bits per heavy atom. The van der Waals surface area contributed by atoms with E-state index in [0.29, 0.717) is 19.5 Å². The third-order valence-electron chi connectivity index (χ3n) is 4.81. The fourth-order valence-electron chi connectivity index (χ4n) is 3.71. The van der Waals surface area contributed by atoms with Gasteiger partial charge in [-0.05, 0) is 36.3 Å². The topological polar surface area (TPSA) is 69.6 Å². The Bertz CT molecular complexity index is 625. The second-order valence-corrected chi connectivity index (χ2v) is 7.88. The number of nitrogens with one attached hydrogen (secondary N) is 1. The molecule has 5 heteroatoms. The number of aliphatic hydroxyl groups excluding tert-OH is 1. The van der Waals surface area contributed by atoms with E-state index in [1.54, 1.807) is 18.7 Å². The van der Waals surface area contributed by atoms with Crippen molar-refractivity contribution in [2.75, 3.05) is 13.1 Å². The van der Waals surface area contributed by atoms with Crippen molar-refractivity contribution in [1.82, 2.24) is 10.2 Å². The van der Waals surface area contributed by atoms with Gasteiger partial charge in [0.2, 0.25) is 11.8 Å². The highest BCUT2D eigenvalue weighted by atomic mass is 16.3. The van der Waals surface area contributed by atoms with Crippen molar-refractivity contribution in [3.8, 4) is 0 Å². The van der Waals surface area contributed by atoms with Crippen LogP contribution in [0.5, 0.6) is 0 Å². The van der Waals surface area contributed by atoms with Crippen molar-refractivity contribution < 1.29 is 14.7 Å². The van der Waals surface area contributed by atoms with Crippen LogP contribution in [0.15, 0.2) is 24.3 Å². The second-order valence-electron chi connectivity index (χ2n) is 7.88. The Morgan fingerprint density at radius 1 is 1.36 bits per heavy atom. The minimum Gasteiger partial charge on any atom is -0.393 e. The van der Waals surface area contributed by atoms with Gasteiger partial charge in [-0.15, -0.1) is 0 Å². The molecular formula is C20H30N2O3. The number of hydrogen-bond acceptors (Lipinski definition) is 3. The Kier molecular flexibility index (Phi) is 6.22. The van der Waals surface area contributed by atoms with E-state index < -0.39 is 6.10 Å². The molecule has 0 aromatic heterocycles. The molecule has 0 saturated carbocycles. The maximum absolute atomic E-state index is 12.5. The Hall–Kier alpha value is -1.88. The van der Waals surface area contributed by atoms with Crippen LogP contribution in [-0.2, 0) is 16.0 Å². The van der Waals surface area contributed by atoms with Gasteiger partial charge in [-0.2, -0.15) is 0 Å². The van der Waals surface area contributed by atoms with Crippen molar-refractivity contribution >= 4 is 11.8 Å². The number of benzene rings is 1. The van der Waals surface area contributed by atoms with Crippen LogP contribution in [0.4, 0.5) is 0 Å². The number of nitrogens with zero attached hydrogens (tertiary/aromatic N) is 1. The lowest BCUT2D eigenvalue weighted by atomic mass is 9.86. The van der Waals surface area contributed by atoms with Crippen LogP contribution < -0.4 is 5.32 Å². The van der Waals surface area contributed by atoms with Gasteiger partial charge < -0.3 is 15.3 Å². The Morgan fingerprint density at radius 3 is 2.68 bits per heavy atom. The van der Waals surface area contributed by atoms with Gasteiger partial charge in [-0.25, -0.2) is 0 Å². The molecule has 0 saturated heterocycles. The van der Waals surface area contributed by atoms with Crippen LogP contribution in [0.25, 0.3) is 0 Å². The zero-order chi connectivity index (χ0) is 18.6. The number of rotatable bonds is 6. The molecule has 1 heterocycles. The van der Waals surface area contributed by atoms with Gasteiger partial charge in [0.15, 0.2) is 0 Å². The maximum atomic E-state index is 12.5. The predicted molar refractivity (Wildman–Crippen MR) is 98.0 cm³/mol. The largest absolute Gasteiger partial charge is 0.393 e. The molecule has 0 bridgehead atoms. The normalized spacial score (nSPS) is 18.4. The van der Waals surface area contributed by atoms with E-state index in [2.05, 4.69) is 11.4 Å². The summed E-state index contributed by atoms with van der Waals surface area (Å²) >= 11 is 0. The minimum atomic E-state index is -0.398. The first kappa shape index (κ1) is 19.4. The van der Waals surface area contributed by atoms with Gasteiger partial charge in [0, 0.05) is 20.0 Å². The quantitative estimate of drug-likeness (QED) is 0.831. The van der Waals surface area contributed by atoms with Gasteiger partial charge in [0.25, 0.3) is 0 Å².